The van der Waals surface area contributed by atoms with Crippen LogP contribution in [0.3, 0.4) is 0 Å². The van der Waals surface area contributed by atoms with Gasteiger partial charge >= 0.3 is 6.09 Å². The van der Waals surface area contributed by atoms with Crippen LogP contribution >= 0.6 is 0 Å². The summed E-state index contributed by atoms with van der Waals surface area (Å²) in [5.74, 6) is 0.700. The van der Waals surface area contributed by atoms with E-state index in [1.165, 1.54) is 25.7 Å². The number of amides is 1. The van der Waals surface area contributed by atoms with E-state index in [1.54, 1.807) is 0 Å². The smallest absolute Gasteiger partial charge is 0.410 e. The summed E-state index contributed by atoms with van der Waals surface area (Å²) in [6.07, 6.45) is 4.72. The average molecular weight is 254 g/mol. The topological polar surface area (TPSA) is 55.6 Å². The molecule has 0 bridgehead atoms. The van der Waals surface area contributed by atoms with Crippen LogP contribution in [-0.2, 0) is 4.74 Å². The molecular formula is C14H26N2O2. The lowest BCUT2D eigenvalue weighted by Gasteiger charge is -2.53. The van der Waals surface area contributed by atoms with E-state index in [-0.39, 0.29) is 6.09 Å². The van der Waals surface area contributed by atoms with Gasteiger partial charge in [0.1, 0.15) is 5.60 Å². The molecule has 1 saturated carbocycles. The zero-order valence-corrected chi connectivity index (χ0v) is 11.9. The second-order valence-corrected chi connectivity index (χ2v) is 7.02. The molecule has 0 atom stereocenters. The molecule has 1 saturated heterocycles. The molecule has 2 N–H and O–H groups in total. The van der Waals surface area contributed by atoms with E-state index in [1.807, 2.05) is 25.7 Å². The summed E-state index contributed by atoms with van der Waals surface area (Å²) in [4.78, 5) is 13.7. The Kier molecular flexibility index (Phi) is 3.58. The number of hydrogen-bond acceptors (Lipinski definition) is 3. The fourth-order valence-corrected chi connectivity index (χ4v) is 3.06. The van der Waals surface area contributed by atoms with Crippen LogP contribution in [0, 0.1) is 11.3 Å². The number of rotatable bonds is 1. The van der Waals surface area contributed by atoms with Gasteiger partial charge in [-0.15, -0.1) is 0 Å². The normalized spacial score (nSPS) is 23.9. The molecule has 0 aromatic heterocycles. The minimum atomic E-state index is -0.392. The SMILES string of the molecule is CC(C)(C)OC(=O)N1CC2(CCC(CN)CC2)C1. The maximum absolute atomic E-state index is 11.9. The van der Waals surface area contributed by atoms with Crippen LogP contribution < -0.4 is 5.73 Å². The molecule has 2 aliphatic rings. The minimum Gasteiger partial charge on any atom is -0.444 e. The zero-order valence-electron chi connectivity index (χ0n) is 11.9. The summed E-state index contributed by atoms with van der Waals surface area (Å²) in [5, 5.41) is 0. The second-order valence-electron chi connectivity index (χ2n) is 7.02. The third-order valence-electron chi connectivity index (χ3n) is 4.20. The highest BCUT2D eigenvalue weighted by atomic mass is 16.6. The summed E-state index contributed by atoms with van der Waals surface area (Å²) in [5.41, 5.74) is 5.70. The largest absolute Gasteiger partial charge is 0.444 e. The van der Waals surface area contributed by atoms with Crippen LogP contribution in [0.15, 0.2) is 0 Å². The molecule has 1 heterocycles. The highest BCUT2D eigenvalue weighted by Gasteiger charge is 2.47. The van der Waals surface area contributed by atoms with Gasteiger partial charge in [-0.05, 0) is 58.9 Å². The molecule has 18 heavy (non-hydrogen) atoms. The van der Waals surface area contributed by atoms with Crippen LogP contribution in [0.1, 0.15) is 46.5 Å². The maximum atomic E-state index is 11.9. The molecule has 0 aromatic rings. The van der Waals surface area contributed by atoms with Crippen molar-refractivity contribution in [2.75, 3.05) is 19.6 Å². The molecule has 2 rings (SSSR count). The highest BCUT2D eigenvalue weighted by Crippen LogP contribution is 2.45. The lowest BCUT2D eigenvalue weighted by Crippen LogP contribution is -2.60. The van der Waals surface area contributed by atoms with Gasteiger partial charge in [0.05, 0.1) is 0 Å². The molecular weight excluding hydrogens is 228 g/mol. The molecule has 4 nitrogen and oxygen atoms in total. The first-order chi connectivity index (χ1) is 8.34. The zero-order chi connectivity index (χ0) is 13.4. The van der Waals surface area contributed by atoms with Crippen LogP contribution in [0.25, 0.3) is 0 Å². The Morgan fingerprint density at radius 3 is 2.33 bits per heavy atom. The Balaban J connectivity index is 1.78. The fourth-order valence-electron chi connectivity index (χ4n) is 3.06. The average Bonchev–Trinajstić information content (AvgIpc) is 2.23. The monoisotopic (exact) mass is 254 g/mol. The van der Waals surface area contributed by atoms with E-state index < -0.39 is 5.60 Å². The Morgan fingerprint density at radius 2 is 1.89 bits per heavy atom. The van der Waals surface area contributed by atoms with Crippen LogP contribution in [-0.4, -0.2) is 36.2 Å². The standard InChI is InChI=1S/C14H26N2O2/c1-13(2,3)18-12(17)16-9-14(10-16)6-4-11(8-15)5-7-14/h11H,4-10,15H2,1-3H3. The van der Waals surface area contributed by atoms with Gasteiger partial charge in [-0.1, -0.05) is 0 Å². The van der Waals surface area contributed by atoms with E-state index in [9.17, 15) is 4.79 Å². The van der Waals surface area contributed by atoms with Crippen LogP contribution in [0.5, 0.6) is 0 Å². The first-order valence-corrected chi connectivity index (χ1v) is 7.02. The van der Waals surface area contributed by atoms with Crippen LogP contribution in [0.2, 0.25) is 0 Å². The number of likely N-dealkylation sites (tertiary alicyclic amines) is 1. The van der Waals surface area contributed by atoms with Crippen molar-refractivity contribution in [2.24, 2.45) is 17.1 Å². The molecule has 104 valence electrons. The summed E-state index contributed by atoms with van der Waals surface area (Å²) in [7, 11) is 0. The third-order valence-corrected chi connectivity index (χ3v) is 4.20. The lowest BCUT2D eigenvalue weighted by atomic mass is 9.66. The predicted molar refractivity (Wildman–Crippen MR) is 71.3 cm³/mol. The molecule has 2 fully saturated rings. The van der Waals surface area contributed by atoms with Crippen molar-refractivity contribution in [3.05, 3.63) is 0 Å². The Bertz CT molecular complexity index is 306. The van der Waals surface area contributed by atoms with Gasteiger partial charge in [0.2, 0.25) is 0 Å². The molecule has 0 unspecified atom stereocenters. The summed E-state index contributed by atoms with van der Waals surface area (Å²) in [6, 6.07) is 0. The molecule has 1 aliphatic carbocycles. The van der Waals surface area contributed by atoms with E-state index in [0.29, 0.717) is 11.3 Å². The van der Waals surface area contributed by atoms with Crippen molar-refractivity contribution in [1.29, 1.82) is 0 Å². The number of nitrogens with zero attached hydrogens (tertiary/aromatic N) is 1. The number of carbonyl (C=O) groups is 1. The Hall–Kier alpha value is -0.770. The van der Waals surface area contributed by atoms with E-state index in [0.717, 1.165) is 19.6 Å². The van der Waals surface area contributed by atoms with E-state index in [2.05, 4.69) is 0 Å². The van der Waals surface area contributed by atoms with Crippen molar-refractivity contribution in [3.8, 4) is 0 Å². The van der Waals surface area contributed by atoms with Gasteiger partial charge in [-0.25, -0.2) is 4.79 Å². The Labute approximate surface area is 110 Å². The molecule has 4 heteroatoms. The van der Waals surface area contributed by atoms with Crippen molar-refractivity contribution in [3.63, 3.8) is 0 Å². The molecule has 1 amide bonds. The van der Waals surface area contributed by atoms with Gasteiger partial charge < -0.3 is 15.4 Å². The first kappa shape index (κ1) is 13.7. The minimum absolute atomic E-state index is 0.158. The molecule has 1 spiro atoms. The number of ether oxygens (including phenoxy) is 1. The molecule has 1 aliphatic heterocycles. The maximum Gasteiger partial charge on any atom is 0.410 e. The predicted octanol–water partition coefficient (Wildman–Crippen LogP) is 2.37. The second kappa shape index (κ2) is 4.72. The van der Waals surface area contributed by atoms with Gasteiger partial charge in [0, 0.05) is 18.5 Å². The van der Waals surface area contributed by atoms with Gasteiger partial charge in [-0.2, -0.15) is 0 Å². The van der Waals surface area contributed by atoms with Crippen molar-refractivity contribution in [2.45, 2.75) is 52.1 Å². The van der Waals surface area contributed by atoms with Gasteiger partial charge in [0.25, 0.3) is 0 Å². The fraction of sp³-hybridized carbons (Fsp3) is 0.929. The lowest BCUT2D eigenvalue weighted by molar-refractivity contribution is -0.0537. The van der Waals surface area contributed by atoms with Crippen molar-refractivity contribution >= 4 is 6.09 Å². The Morgan fingerprint density at radius 1 is 1.33 bits per heavy atom. The van der Waals surface area contributed by atoms with Crippen molar-refractivity contribution < 1.29 is 9.53 Å². The van der Waals surface area contributed by atoms with Crippen LogP contribution in [0.4, 0.5) is 4.79 Å². The van der Waals surface area contributed by atoms with Crippen molar-refractivity contribution in [1.82, 2.24) is 4.90 Å². The third kappa shape index (κ3) is 2.97. The summed E-state index contributed by atoms with van der Waals surface area (Å²) >= 11 is 0. The number of nitrogens with two attached hydrogens (primary N) is 1. The highest BCUT2D eigenvalue weighted by molar-refractivity contribution is 5.69. The van der Waals surface area contributed by atoms with E-state index >= 15 is 0 Å². The number of hydrogen-bond donors (Lipinski definition) is 1. The summed E-state index contributed by atoms with van der Waals surface area (Å²) in [6.45, 7) is 8.29. The molecule has 0 radical (unpaired) electrons. The molecule has 0 aromatic carbocycles. The quantitative estimate of drug-likeness (QED) is 0.781. The van der Waals surface area contributed by atoms with E-state index in [4.69, 9.17) is 10.5 Å². The van der Waals surface area contributed by atoms with Gasteiger partial charge in [-0.3, -0.25) is 0 Å². The summed E-state index contributed by atoms with van der Waals surface area (Å²) < 4.78 is 5.38. The van der Waals surface area contributed by atoms with Gasteiger partial charge in [0.15, 0.2) is 0 Å². The number of carbonyl (C=O) groups excluding carboxylic acids is 1. The first-order valence-electron chi connectivity index (χ1n) is 7.02.